The Balaban J connectivity index is 2.60. The number of hydrogen-bond donors (Lipinski definition) is 2. The highest BCUT2D eigenvalue weighted by Gasteiger charge is 2.37. The maximum Gasteiger partial charge on any atom is 0.412 e. The van der Waals surface area contributed by atoms with Crippen LogP contribution in [0.4, 0.5) is 4.79 Å². The van der Waals surface area contributed by atoms with E-state index in [0.717, 1.165) is 0 Å². The van der Waals surface area contributed by atoms with Gasteiger partial charge in [0.25, 0.3) is 0 Å². The molecule has 2 atom stereocenters. The Morgan fingerprint density at radius 1 is 1.39 bits per heavy atom. The van der Waals surface area contributed by atoms with Crippen LogP contribution in [0.25, 0.3) is 0 Å². The summed E-state index contributed by atoms with van der Waals surface area (Å²) in [5, 5.41) is 18.0. The number of nitrogens with zero attached hydrogens (tertiary/aromatic N) is 1. The smallest absolute Gasteiger partial charge is 0.412 e. The summed E-state index contributed by atoms with van der Waals surface area (Å²) in [5.74, 6) is -1.12. The molecule has 1 saturated heterocycles. The van der Waals surface area contributed by atoms with Gasteiger partial charge in [0.15, 0.2) is 0 Å². The predicted octanol–water partition coefficient (Wildman–Crippen LogP) is 0.415. The average molecular weight is 261 g/mol. The lowest BCUT2D eigenvalue weighted by atomic mass is 10.2. The standard InChI is InChI=1S/C11H19NO6/c1-11(2,3)18-10(16)12-5-7(13)4-8(12)17-6-9(14)15/h7-8,13H,4-6H2,1-3H3,(H,14,15)/t7-,8-/m1/s1. The first kappa shape index (κ1) is 14.7. The van der Waals surface area contributed by atoms with E-state index in [-0.39, 0.29) is 13.0 Å². The third kappa shape index (κ3) is 4.50. The lowest BCUT2D eigenvalue weighted by Crippen LogP contribution is -2.41. The molecule has 0 bridgehead atoms. The van der Waals surface area contributed by atoms with Crippen molar-refractivity contribution in [1.82, 2.24) is 4.90 Å². The second-order valence-corrected chi connectivity index (χ2v) is 5.18. The van der Waals surface area contributed by atoms with Gasteiger partial charge >= 0.3 is 12.1 Å². The van der Waals surface area contributed by atoms with E-state index in [1.54, 1.807) is 20.8 Å². The fraction of sp³-hybridized carbons (Fsp3) is 0.818. The summed E-state index contributed by atoms with van der Waals surface area (Å²) < 4.78 is 10.2. The van der Waals surface area contributed by atoms with Crippen LogP contribution in [0, 0.1) is 0 Å². The Morgan fingerprint density at radius 3 is 2.50 bits per heavy atom. The Labute approximate surface area is 105 Å². The zero-order valence-electron chi connectivity index (χ0n) is 10.8. The number of hydrogen-bond acceptors (Lipinski definition) is 5. The van der Waals surface area contributed by atoms with Gasteiger partial charge in [-0.1, -0.05) is 0 Å². The van der Waals surface area contributed by atoms with Crippen LogP contribution >= 0.6 is 0 Å². The van der Waals surface area contributed by atoms with Crippen LogP contribution in [0.1, 0.15) is 27.2 Å². The molecule has 0 saturated carbocycles. The van der Waals surface area contributed by atoms with Gasteiger partial charge in [0, 0.05) is 6.42 Å². The lowest BCUT2D eigenvalue weighted by molar-refractivity contribution is -0.147. The first-order valence-electron chi connectivity index (χ1n) is 5.70. The maximum absolute atomic E-state index is 11.8. The Morgan fingerprint density at radius 2 is 2.00 bits per heavy atom. The van der Waals surface area contributed by atoms with Crippen molar-refractivity contribution in [3.8, 4) is 0 Å². The molecule has 1 amide bonds. The number of ether oxygens (including phenoxy) is 2. The molecule has 0 aromatic heterocycles. The number of carbonyl (C=O) groups is 2. The largest absolute Gasteiger partial charge is 0.480 e. The number of amides is 1. The SMILES string of the molecule is CC(C)(C)OC(=O)N1C[C@H](O)C[C@H]1OCC(=O)O. The molecule has 0 aromatic rings. The van der Waals surface area contributed by atoms with Gasteiger partial charge in [-0.15, -0.1) is 0 Å². The summed E-state index contributed by atoms with van der Waals surface area (Å²) >= 11 is 0. The van der Waals surface area contributed by atoms with Crippen LogP contribution in [0.3, 0.4) is 0 Å². The van der Waals surface area contributed by atoms with Crippen LogP contribution in [0.2, 0.25) is 0 Å². The van der Waals surface area contributed by atoms with E-state index in [0.29, 0.717) is 0 Å². The van der Waals surface area contributed by atoms with Crippen molar-refractivity contribution in [2.75, 3.05) is 13.2 Å². The molecule has 7 nitrogen and oxygen atoms in total. The minimum Gasteiger partial charge on any atom is -0.480 e. The average Bonchev–Trinajstić information content (AvgIpc) is 2.54. The van der Waals surface area contributed by atoms with E-state index in [1.807, 2.05) is 0 Å². The van der Waals surface area contributed by atoms with Crippen LogP contribution in [-0.2, 0) is 14.3 Å². The molecular weight excluding hydrogens is 242 g/mol. The summed E-state index contributed by atoms with van der Waals surface area (Å²) in [6.45, 7) is 4.75. The molecule has 18 heavy (non-hydrogen) atoms. The summed E-state index contributed by atoms with van der Waals surface area (Å²) in [6, 6.07) is 0. The Kier molecular flexibility index (Phi) is 4.53. The van der Waals surface area contributed by atoms with Gasteiger partial charge < -0.3 is 19.7 Å². The molecule has 2 N–H and O–H groups in total. The second-order valence-electron chi connectivity index (χ2n) is 5.18. The number of aliphatic hydroxyl groups is 1. The van der Waals surface area contributed by atoms with Gasteiger partial charge in [-0.3, -0.25) is 4.90 Å². The number of likely N-dealkylation sites (tertiary alicyclic amines) is 1. The Bertz CT molecular complexity index is 324. The third-order valence-corrected chi connectivity index (χ3v) is 2.26. The topological polar surface area (TPSA) is 96.3 Å². The number of carbonyl (C=O) groups excluding carboxylic acids is 1. The molecule has 1 aliphatic heterocycles. The van der Waals surface area contributed by atoms with E-state index in [1.165, 1.54) is 4.90 Å². The van der Waals surface area contributed by atoms with Crippen molar-refractivity contribution in [1.29, 1.82) is 0 Å². The molecule has 0 unspecified atom stereocenters. The normalized spacial score (nSPS) is 24.1. The third-order valence-electron chi connectivity index (χ3n) is 2.26. The van der Waals surface area contributed by atoms with Gasteiger partial charge in [-0.2, -0.15) is 0 Å². The minimum absolute atomic E-state index is 0.0825. The molecule has 7 heteroatoms. The number of rotatable bonds is 3. The zero-order chi connectivity index (χ0) is 13.9. The highest BCUT2D eigenvalue weighted by Crippen LogP contribution is 2.22. The predicted molar refractivity (Wildman–Crippen MR) is 60.9 cm³/mol. The molecule has 0 aromatic carbocycles. The van der Waals surface area contributed by atoms with E-state index in [9.17, 15) is 14.7 Å². The molecule has 0 radical (unpaired) electrons. The number of aliphatic hydroxyl groups excluding tert-OH is 1. The van der Waals surface area contributed by atoms with Crippen molar-refractivity contribution in [3.05, 3.63) is 0 Å². The summed E-state index contributed by atoms with van der Waals surface area (Å²) in [7, 11) is 0. The van der Waals surface area contributed by atoms with Gasteiger partial charge in [0.05, 0.1) is 12.6 Å². The lowest BCUT2D eigenvalue weighted by Gasteiger charge is -2.27. The van der Waals surface area contributed by atoms with Crippen LogP contribution in [0.5, 0.6) is 0 Å². The molecule has 1 fully saturated rings. The first-order valence-corrected chi connectivity index (χ1v) is 5.70. The summed E-state index contributed by atoms with van der Waals surface area (Å²) in [6.07, 6.45) is -1.91. The van der Waals surface area contributed by atoms with Gasteiger partial charge in [-0.05, 0) is 20.8 Å². The monoisotopic (exact) mass is 261 g/mol. The quantitative estimate of drug-likeness (QED) is 0.764. The van der Waals surface area contributed by atoms with Gasteiger partial charge in [0.2, 0.25) is 0 Å². The highest BCUT2D eigenvalue weighted by atomic mass is 16.6. The van der Waals surface area contributed by atoms with Crippen LogP contribution < -0.4 is 0 Å². The van der Waals surface area contributed by atoms with Gasteiger partial charge in [0.1, 0.15) is 18.4 Å². The van der Waals surface area contributed by atoms with Crippen molar-refractivity contribution >= 4 is 12.1 Å². The van der Waals surface area contributed by atoms with Gasteiger partial charge in [-0.25, -0.2) is 9.59 Å². The zero-order valence-corrected chi connectivity index (χ0v) is 10.8. The van der Waals surface area contributed by atoms with Crippen molar-refractivity contribution in [2.24, 2.45) is 0 Å². The van der Waals surface area contributed by atoms with E-state index >= 15 is 0 Å². The fourth-order valence-electron chi connectivity index (χ4n) is 1.62. The molecule has 1 heterocycles. The summed E-state index contributed by atoms with van der Waals surface area (Å²) in [4.78, 5) is 23.5. The molecule has 0 spiro atoms. The van der Waals surface area contributed by atoms with E-state index < -0.39 is 36.6 Å². The summed E-state index contributed by atoms with van der Waals surface area (Å²) in [5.41, 5.74) is -0.651. The highest BCUT2D eigenvalue weighted by molar-refractivity contribution is 5.69. The Hall–Kier alpha value is -1.34. The number of β-amino-alcohol motifs (C(OH)–C–C–N with tert-alkyl or cyclic N) is 1. The van der Waals surface area contributed by atoms with Crippen molar-refractivity contribution in [3.63, 3.8) is 0 Å². The van der Waals surface area contributed by atoms with E-state index in [2.05, 4.69) is 0 Å². The van der Waals surface area contributed by atoms with Crippen LogP contribution in [0.15, 0.2) is 0 Å². The first-order chi connectivity index (χ1) is 8.19. The van der Waals surface area contributed by atoms with Crippen molar-refractivity contribution < 1.29 is 29.3 Å². The number of carboxylic acids is 1. The minimum atomic E-state index is -1.12. The molecule has 1 rings (SSSR count). The number of carboxylic acid groups (broad SMARTS) is 1. The van der Waals surface area contributed by atoms with E-state index in [4.69, 9.17) is 14.6 Å². The molecule has 0 aliphatic carbocycles. The fourth-order valence-corrected chi connectivity index (χ4v) is 1.62. The molecular formula is C11H19NO6. The second kappa shape index (κ2) is 5.53. The molecule has 104 valence electrons. The maximum atomic E-state index is 11.8. The van der Waals surface area contributed by atoms with Crippen molar-refractivity contribution in [2.45, 2.75) is 45.1 Å². The molecule has 1 aliphatic rings. The number of aliphatic carboxylic acids is 1. The van der Waals surface area contributed by atoms with Crippen LogP contribution in [-0.4, -0.2) is 58.3 Å².